The number of nitrogens with zero attached hydrogens (tertiary/aromatic N) is 1. The molecule has 0 bridgehead atoms. The summed E-state index contributed by atoms with van der Waals surface area (Å²) in [5, 5.41) is 3.44. The molecule has 0 spiro atoms. The van der Waals surface area contributed by atoms with E-state index in [-0.39, 0.29) is 6.09 Å². The van der Waals surface area contributed by atoms with Crippen LogP contribution >= 0.6 is 38.9 Å². The van der Waals surface area contributed by atoms with Crippen LogP contribution in [0.3, 0.4) is 0 Å². The van der Waals surface area contributed by atoms with Crippen molar-refractivity contribution in [3.05, 3.63) is 19.8 Å². The molecule has 1 aliphatic rings. The van der Waals surface area contributed by atoms with Gasteiger partial charge < -0.3 is 15.0 Å². The van der Waals surface area contributed by atoms with Crippen LogP contribution in [0.2, 0.25) is 4.34 Å². The highest BCUT2D eigenvalue weighted by Gasteiger charge is 2.29. The predicted molar refractivity (Wildman–Crippen MR) is 94.6 cm³/mol. The van der Waals surface area contributed by atoms with Crippen LogP contribution in [0.25, 0.3) is 0 Å². The normalized spacial score (nSPS) is 18.8. The molecule has 1 N–H and O–H groups in total. The van der Waals surface area contributed by atoms with Gasteiger partial charge in [-0.3, -0.25) is 0 Å². The smallest absolute Gasteiger partial charge is 0.410 e. The first-order valence-electron chi connectivity index (χ1n) is 7.37. The van der Waals surface area contributed by atoms with Crippen molar-refractivity contribution in [1.82, 2.24) is 10.2 Å². The number of rotatable bonds is 4. The average molecular weight is 410 g/mol. The van der Waals surface area contributed by atoms with Crippen LogP contribution in [0, 0.1) is 5.92 Å². The fourth-order valence-electron chi connectivity index (χ4n) is 2.37. The van der Waals surface area contributed by atoms with E-state index in [9.17, 15) is 4.79 Å². The van der Waals surface area contributed by atoms with Crippen molar-refractivity contribution in [3.8, 4) is 0 Å². The highest BCUT2D eigenvalue weighted by atomic mass is 79.9. The zero-order valence-electron chi connectivity index (χ0n) is 13.1. The Morgan fingerprint density at radius 3 is 2.91 bits per heavy atom. The summed E-state index contributed by atoms with van der Waals surface area (Å²) >= 11 is 11.0. The Bertz CT molecular complexity index is 511. The molecule has 1 aromatic heterocycles. The number of carbonyl (C=O) groups excluding carboxylic acids is 1. The first-order chi connectivity index (χ1) is 10.2. The van der Waals surface area contributed by atoms with E-state index < -0.39 is 5.60 Å². The molecule has 124 valence electrons. The topological polar surface area (TPSA) is 41.6 Å². The summed E-state index contributed by atoms with van der Waals surface area (Å²) in [6.45, 7) is 8.92. The molecule has 1 aliphatic heterocycles. The number of thiophene rings is 1. The molecule has 0 saturated carbocycles. The van der Waals surface area contributed by atoms with E-state index in [0.717, 1.165) is 41.4 Å². The molecule has 2 heterocycles. The van der Waals surface area contributed by atoms with Crippen LogP contribution < -0.4 is 5.32 Å². The SMILES string of the molecule is CC(C)(C)OC(=O)N1CCC(CNCc2cc(Br)c(Cl)s2)C1. The maximum Gasteiger partial charge on any atom is 0.410 e. The Labute approximate surface area is 149 Å². The van der Waals surface area contributed by atoms with Gasteiger partial charge in [0.2, 0.25) is 0 Å². The monoisotopic (exact) mass is 408 g/mol. The molecule has 1 amide bonds. The number of hydrogen-bond donors (Lipinski definition) is 1. The minimum Gasteiger partial charge on any atom is -0.444 e. The molecule has 2 rings (SSSR count). The van der Waals surface area contributed by atoms with E-state index in [1.165, 1.54) is 4.88 Å². The third kappa shape index (κ3) is 5.41. The van der Waals surface area contributed by atoms with Crippen LogP contribution in [-0.4, -0.2) is 36.2 Å². The van der Waals surface area contributed by atoms with Crippen molar-refractivity contribution in [3.63, 3.8) is 0 Å². The second kappa shape index (κ2) is 7.51. The molecule has 4 nitrogen and oxygen atoms in total. The summed E-state index contributed by atoms with van der Waals surface area (Å²) in [5.74, 6) is 0.478. The summed E-state index contributed by atoms with van der Waals surface area (Å²) in [5.41, 5.74) is -0.431. The quantitative estimate of drug-likeness (QED) is 0.795. The summed E-state index contributed by atoms with van der Waals surface area (Å²) < 4.78 is 7.15. The summed E-state index contributed by atoms with van der Waals surface area (Å²) in [6.07, 6.45) is 0.810. The zero-order chi connectivity index (χ0) is 16.3. The molecule has 1 atom stereocenters. The van der Waals surface area contributed by atoms with Gasteiger partial charge in [0.05, 0.1) is 0 Å². The number of ether oxygens (including phenoxy) is 1. The molecule has 7 heteroatoms. The number of amides is 1. The van der Waals surface area contributed by atoms with Crippen molar-refractivity contribution in [2.24, 2.45) is 5.92 Å². The lowest BCUT2D eigenvalue weighted by Crippen LogP contribution is -2.36. The van der Waals surface area contributed by atoms with Crippen LogP contribution in [0.1, 0.15) is 32.1 Å². The van der Waals surface area contributed by atoms with E-state index in [1.807, 2.05) is 26.8 Å². The van der Waals surface area contributed by atoms with Crippen molar-refractivity contribution in [2.45, 2.75) is 39.3 Å². The molecule has 1 unspecified atom stereocenters. The van der Waals surface area contributed by atoms with Gasteiger partial charge in [0.15, 0.2) is 0 Å². The van der Waals surface area contributed by atoms with Gasteiger partial charge in [-0.25, -0.2) is 4.79 Å². The highest BCUT2D eigenvalue weighted by Crippen LogP contribution is 2.31. The lowest BCUT2D eigenvalue weighted by atomic mass is 10.1. The largest absolute Gasteiger partial charge is 0.444 e. The summed E-state index contributed by atoms with van der Waals surface area (Å²) in [4.78, 5) is 15.0. The molecule has 0 aliphatic carbocycles. The van der Waals surface area contributed by atoms with Crippen LogP contribution in [0.5, 0.6) is 0 Å². The molecular weight excluding hydrogens is 388 g/mol. The van der Waals surface area contributed by atoms with Gasteiger partial charge >= 0.3 is 6.09 Å². The Balaban J connectivity index is 1.71. The second-order valence-electron chi connectivity index (χ2n) is 6.55. The van der Waals surface area contributed by atoms with Crippen LogP contribution in [0.4, 0.5) is 4.79 Å². The van der Waals surface area contributed by atoms with E-state index in [0.29, 0.717) is 5.92 Å². The number of hydrogen-bond acceptors (Lipinski definition) is 4. The lowest BCUT2D eigenvalue weighted by Gasteiger charge is -2.24. The maximum atomic E-state index is 12.0. The van der Waals surface area contributed by atoms with Crippen LogP contribution in [0.15, 0.2) is 10.5 Å². The highest BCUT2D eigenvalue weighted by molar-refractivity contribution is 9.10. The maximum absolute atomic E-state index is 12.0. The van der Waals surface area contributed by atoms with E-state index >= 15 is 0 Å². The van der Waals surface area contributed by atoms with Gasteiger partial charge in [-0.2, -0.15) is 0 Å². The van der Waals surface area contributed by atoms with Gasteiger partial charge in [-0.15, -0.1) is 11.3 Å². The number of carbonyl (C=O) groups is 1. The fourth-order valence-corrected chi connectivity index (χ4v) is 4.13. The van der Waals surface area contributed by atoms with E-state index in [1.54, 1.807) is 16.2 Å². The molecule has 1 aromatic rings. The number of halogens is 2. The third-order valence-electron chi connectivity index (χ3n) is 3.37. The predicted octanol–water partition coefficient (Wildman–Crippen LogP) is 4.51. The fraction of sp³-hybridized carbons (Fsp3) is 0.667. The van der Waals surface area contributed by atoms with Gasteiger partial charge in [0.25, 0.3) is 0 Å². The zero-order valence-corrected chi connectivity index (χ0v) is 16.3. The molecule has 0 aromatic carbocycles. The molecule has 1 saturated heterocycles. The van der Waals surface area contributed by atoms with Crippen LogP contribution in [-0.2, 0) is 11.3 Å². The second-order valence-corrected chi connectivity index (χ2v) is 9.14. The summed E-state index contributed by atoms with van der Waals surface area (Å²) in [7, 11) is 0. The number of nitrogens with one attached hydrogen (secondary N) is 1. The van der Waals surface area contributed by atoms with Crippen molar-refractivity contribution >= 4 is 45.0 Å². The van der Waals surface area contributed by atoms with Gasteiger partial charge in [-0.05, 0) is 55.1 Å². The Kier molecular flexibility index (Phi) is 6.16. The van der Waals surface area contributed by atoms with Crippen molar-refractivity contribution in [1.29, 1.82) is 0 Å². The molecule has 0 radical (unpaired) electrons. The van der Waals surface area contributed by atoms with Gasteiger partial charge in [0.1, 0.15) is 9.94 Å². The Morgan fingerprint density at radius 2 is 2.32 bits per heavy atom. The minimum atomic E-state index is -0.431. The standard InChI is InChI=1S/C15H22BrClN2O2S/c1-15(2,3)21-14(20)19-5-4-10(9-19)7-18-8-11-6-12(16)13(17)22-11/h6,10,18H,4-5,7-9H2,1-3H3. The van der Waals surface area contributed by atoms with E-state index in [4.69, 9.17) is 16.3 Å². The minimum absolute atomic E-state index is 0.205. The Morgan fingerprint density at radius 1 is 1.59 bits per heavy atom. The van der Waals surface area contributed by atoms with Crippen molar-refractivity contribution in [2.75, 3.05) is 19.6 Å². The van der Waals surface area contributed by atoms with Gasteiger partial charge in [0, 0.05) is 35.5 Å². The molecule has 22 heavy (non-hydrogen) atoms. The summed E-state index contributed by atoms with van der Waals surface area (Å²) in [6, 6.07) is 2.04. The Hall–Kier alpha value is -0.300. The number of likely N-dealkylation sites (tertiary alicyclic amines) is 1. The van der Waals surface area contributed by atoms with Crippen molar-refractivity contribution < 1.29 is 9.53 Å². The van der Waals surface area contributed by atoms with E-state index in [2.05, 4.69) is 21.2 Å². The first-order valence-corrected chi connectivity index (χ1v) is 9.35. The van der Waals surface area contributed by atoms with Gasteiger partial charge in [-0.1, -0.05) is 11.6 Å². The molecule has 1 fully saturated rings. The lowest BCUT2D eigenvalue weighted by molar-refractivity contribution is 0.0288. The average Bonchev–Trinajstić information content (AvgIpc) is 2.96. The first kappa shape index (κ1) is 18.0. The molecular formula is C15H22BrClN2O2S. The third-order valence-corrected chi connectivity index (χ3v) is 5.84.